The van der Waals surface area contributed by atoms with E-state index < -0.39 is 0 Å². The number of rotatable bonds is 8. The highest BCUT2D eigenvalue weighted by Gasteiger charge is 2.02. The fourth-order valence-corrected chi connectivity index (χ4v) is 2.78. The van der Waals surface area contributed by atoms with Gasteiger partial charge in [-0.1, -0.05) is 75.1 Å². The van der Waals surface area contributed by atoms with Crippen LogP contribution in [0, 0.1) is 0 Å². The molecule has 2 aromatic carbocycles. The van der Waals surface area contributed by atoms with Gasteiger partial charge in [0.25, 0.3) is 0 Å². The lowest BCUT2D eigenvalue weighted by molar-refractivity contribution is -0.140. The van der Waals surface area contributed by atoms with Gasteiger partial charge in [0.15, 0.2) is 0 Å². The molecule has 0 amide bonds. The number of carbonyl (C=O) groups excluding carboxylic acids is 1. The Bertz CT molecular complexity index is 780. The summed E-state index contributed by atoms with van der Waals surface area (Å²) in [5.41, 5.74) is 3.40. The first-order valence-corrected chi connectivity index (χ1v) is 9.86. The van der Waals surface area contributed by atoms with Crippen LogP contribution in [0.5, 0.6) is 0 Å². The Morgan fingerprint density at radius 3 is 2.14 bits per heavy atom. The van der Waals surface area contributed by atoms with Crippen LogP contribution >= 0.6 is 0 Å². The normalized spacial score (nSPS) is 10.1. The zero-order valence-electron chi connectivity index (χ0n) is 16.8. The van der Waals surface area contributed by atoms with E-state index in [1.54, 1.807) is 12.5 Å². The highest BCUT2D eigenvalue weighted by molar-refractivity contribution is 5.69. The van der Waals surface area contributed by atoms with E-state index in [0.29, 0.717) is 12.3 Å². The van der Waals surface area contributed by atoms with Crippen LogP contribution in [0.2, 0.25) is 0 Å². The molecule has 0 fully saturated rings. The van der Waals surface area contributed by atoms with Gasteiger partial charge in [0.2, 0.25) is 5.89 Å². The zero-order valence-corrected chi connectivity index (χ0v) is 16.8. The molecule has 0 aliphatic rings. The summed E-state index contributed by atoms with van der Waals surface area (Å²) in [6.45, 7) is 2.18. The van der Waals surface area contributed by atoms with Gasteiger partial charge < -0.3 is 9.15 Å². The lowest BCUT2D eigenvalue weighted by atomic mass is 10.0. The van der Waals surface area contributed by atoms with Gasteiger partial charge in [0.1, 0.15) is 6.26 Å². The Hall–Kier alpha value is -2.88. The summed E-state index contributed by atoms with van der Waals surface area (Å²) in [6, 6.07) is 18.5. The second-order valence-corrected chi connectivity index (χ2v) is 6.52. The quantitative estimate of drug-likeness (QED) is 0.330. The predicted molar refractivity (Wildman–Crippen MR) is 113 cm³/mol. The van der Waals surface area contributed by atoms with Crippen molar-refractivity contribution in [3.05, 3.63) is 67.1 Å². The number of ether oxygens (including phenoxy) is 1. The highest BCUT2D eigenvalue weighted by Crippen LogP contribution is 2.23. The number of hydrogen-bond acceptors (Lipinski definition) is 4. The maximum atomic E-state index is 10.6. The Balaban J connectivity index is 0.000000224. The number of hydrogen-bond donors (Lipinski definition) is 0. The minimum atomic E-state index is -0.0819. The summed E-state index contributed by atoms with van der Waals surface area (Å²) in [5.74, 6) is 0.575. The molecule has 0 atom stereocenters. The maximum Gasteiger partial charge on any atom is 0.305 e. The van der Waals surface area contributed by atoms with E-state index in [2.05, 4.69) is 40.9 Å². The first-order chi connectivity index (χ1) is 13.7. The van der Waals surface area contributed by atoms with Crippen molar-refractivity contribution in [2.45, 2.75) is 45.4 Å². The van der Waals surface area contributed by atoms with Gasteiger partial charge in [0, 0.05) is 12.0 Å². The molecular weight excluding hydrogens is 350 g/mol. The smallest absolute Gasteiger partial charge is 0.305 e. The van der Waals surface area contributed by atoms with Gasteiger partial charge in [0.05, 0.1) is 13.3 Å². The van der Waals surface area contributed by atoms with E-state index >= 15 is 0 Å². The van der Waals surface area contributed by atoms with Gasteiger partial charge in [-0.3, -0.25) is 4.79 Å². The molecule has 0 saturated carbocycles. The molecule has 0 aliphatic heterocycles. The average molecular weight is 380 g/mol. The van der Waals surface area contributed by atoms with Crippen LogP contribution < -0.4 is 0 Å². The van der Waals surface area contributed by atoms with E-state index in [4.69, 9.17) is 4.42 Å². The third-order valence-electron chi connectivity index (χ3n) is 4.38. The summed E-state index contributed by atoms with van der Waals surface area (Å²) < 4.78 is 9.77. The van der Waals surface area contributed by atoms with E-state index in [-0.39, 0.29) is 5.97 Å². The molecule has 0 bridgehead atoms. The number of benzene rings is 2. The van der Waals surface area contributed by atoms with E-state index in [0.717, 1.165) is 18.4 Å². The highest BCUT2D eigenvalue weighted by atomic mass is 16.5. The molecule has 0 radical (unpaired) electrons. The van der Waals surface area contributed by atoms with Crippen molar-refractivity contribution < 1.29 is 13.9 Å². The lowest BCUT2D eigenvalue weighted by Gasteiger charge is -2.02. The van der Waals surface area contributed by atoms with E-state index in [1.165, 1.54) is 37.5 Å². The van der Waals surface area contributed by atoms with Crippen molar-refractivity contribution in [1.29, 1.82) is 0 Å². The average Bonchev–Trinajstić information content (AvgIpc) is 3.29. The van der Waals surface area contributed by atoms with E-state index in [9.17, 15) is 4.79 Å². The van der Waals surface area contributed by atoms with Gasteiger partial charge in [-0.05, 0) is 29.7 Å². The van der Waals surface area contributed by atoms with Crippen molar-refractivity contribution >= 4 is 5.97 Å². The molecule has 3 aromatic rings. The van der Waals surface area contributed by atoms with Gasteiger partial charge in [-0.15, -0.1) is 0 Å². The van der Waals surface area contributed by atoms with Crippen LogP contribution in [-0.2, 0) is 9.53 Å². The third-order valence-corrected chi connectivity index (χ3v) is 4.38. The summed E-state index contributed by atoms with van der Waals surface area (Å²) in [6.07, 6.45) is 9.73. The standard InChI is InChI=1S/C15H11NO.C9H18O2/c1-2-4-12(5-3-1)13-6-8-14(9-7-13)15-16-10-11-17-15;1-3-4-5-6-7-8-9(10)11-2/h1-11H;3-8H2,1-2H3. The second-order valence-electron chi connectivity index (χ2n) is 6.52. The molecule has 0 aliphatic carbocycles. The first-order valence-electron chi connectivity index (χ1n) is 9.86. The van der Waals surface area contributed by atoms with Crippen molar-refractivity contribution in [1.82, 2.24) is 4.98 Å². The monoisotopic (exact) mass is 379 g/mol. The Kier molecular flexibility index (Phi) is 9.56. The SMILES string of the molecule is CCCCCCCC(=O)OC.c1ccc(-c2ccc(-c3ncco3)cc2)cc1. The lowest BCUT2D eigenvalue weighted by Crippen LogP contribution is -1.98. The molecule has 3 rings (SSSR count). The van der Waals surface area contributed by atoms with Crippen LogP contribution in [0.3, 0.4) is 0 Å². The van der Waals surface area contributed by atoms with Crippen molar-refractivity contribution in [2.75, 3.05) is 7.11 Å². The Morgan fingerprint density at radius 2 is 1.54 bits per heavy atom. The molecule has 28 heavy (non-hydrogen) atoms. The number of aromatic nitrogens is 1. The number of carbonyl (C=O) groups is 1. The fraction of sp³-hybridized carbons (Fsp3) is 0.333. The minimum Gasteiger partial charge on any atom is -0.469 e. The predicted octanol–water partition coefficient (Wildman–Crippen LogP) is 6.53. The van der Waals surface area contributed by atoms with Gasteiger partial charge in [-0.25, -0.2) is 4.98 Å². The number of esters is 1. The molecule has 148 valence electrons. The largest absolute Gasteiger partial charge is 0.469 e. The molecule has 0 saturated heterocycles. The van der Waals surface area contributed by atoms with Crippen LogP contribution in [0.1, 0.15) is 45.4 Å². The van der Waals surface area contributed by atoms with Crippen LogP contribution in [0.15, 0.2) is 71.5 Å². The second kappa shape index (κ2) is 12.5. The molecule has 4 heteroatoms. The number of unbranched alkanes of at least 4 members (excludes halogenated alkanes) is 4. The molecule has 0 N–H and O–H groups in total. The van der Waals surface area contributed by atoms with Crippen LogP contribution in [0.4, 0.5) is 0 Å². The van der Waals surface area contributed by atoms with Crippen molar-refractivity contribution in [3.8, 4) is 22.6 Å². The molecular formula is C24H29NO3. The Labute approximate surface area is 167 Å². The number of methoxy groups -OCH3 is 1. The molecule has 1 aromatic heterocycles. The zero-order chi connectivity index (χ0) is 20.0. The summed E-state index contributed by atoms with van der Waals surface area (Å²) >= 11 is 0. The molecule has 1 heterocycles. The first kappa shape index (κ1) is 21.4. The van der Waals surface area contributed by atoms with Crippen molar-refractivity contribution in [3.63, 3.8) is 0 Å². The van der Waals surface area contributed by atoms with Crippen LogP contribution in [0.25, 0.3) is 22.6 Å². The van der Waals surface area contributed by atoms with E-state index in [1.807, 2.05) is 30.3 Å². The fourth-order valence-electron chi connectivity index (χ4n) is 2.78. The third kappa shape index (κ3) is 7.39. The van der Waals surface area contributed by atoms with Gasteiger partial charge >= 0.3 is 5.97 Å². The van der Waals surface area contributed by atoms with Gasteiger partial charge in [-0.2, -0.15) is 0 Å². The maximum absolute atomic E-state index is 10.6. The summed E-state index contributed by atoms with van der Waals surface area (Å²) in [7, 11) is 1.44. The summed E-state index contributed by atoms with van der Waals surface area (Å²) in [4.78, 5) is 14.7. The number of nitrogens with zero attached hydrogens (tertiary/aromatic N) is 1. The minimum absolute atomic E-state index is 0.0819. The molecule has 4 nitrogen and oxygen atoms in total. The molecule has 0 spiro atoms. The Morgan fingerprint density at radius 1 is 0.893 bits per heavy atom. The topological polar surface area (TPSA) is 52.3 Å². The van der Waals surface area contributed by atoms with Crippen molar-refractivity contribution in [2.24, 2.45) is 0 Å². The molecule has 0 unspecified atom stereocenters. The summed E-state index contributed by atoms with van der Waals surface area (Å²) in [5, 5.41) is 0. The van der Waals surface area contributed by atoms with Crippen LogP contribution in [-0.4, -0.2) is 18.1 Å². The number of oxazole rings is 1.